The molecule has 3 heterocycles. The summed E-state index contributed by atoms with van der Waals surface area (Å²) in [4.78, 5) is 60.8. The molecule has 1 aromatic carbocycles. The van der Waals surface area contributed by atoms with Crippen LogP contribution in [0.2, 0.25) is 0 Å². The van der Waals surface area contributed by atoms with Gasteiger partial charge in [0.25, 0.3) is 0 Å². The number of carbonyl (C=O) groups is 5. The van der Waals surface area contributed by atoms with Crippen LogP contribution in [0.5, 0.6) is 0 Å². The molecule has 46 heavy (non-hydrogen) atoms. The van der Waals surface area contributed by atoms with Gasteiger partial charge in [-0.05, 0) is 0 Å². The van der Waals surface area contributed by atoms with Crippen molar-refractivity contribution < 1.29 is 76.1 Å². The highest BCUT2D eigenvalue weighted by Crippen LogP contribution is 2.39. The molecule has 3 saturated heterocycles. The molecule has 16 nitrogen and oxygen atoms in total. The van der Waals surface area contributed by atoms with E-state index in [4.69, 9.17) is 52.1 Å². The third-order valence-corrected chi connectivity index (χ3v) is 7.13. The summed E-state index contributed by atoms with van der Waals surface area (Å²) in [5, 5.41) is 0. The van der Waals surface area contributed by atoms with E-state index in [0.717, 1.165) is 20.8 Å². The Morgan fingerprint density at radius 2 is 1.24 bits per heavy atom. The highest BCUT2D eigenvalue weighted by atomic mass is 16.8. The lowest BCUT2D eigenvalue weighted by Crippen LogP contribution is -2.67. The second kappa shape index (κ2) is 15.8. The van der Waals surface area contributed by atoms with Gasteiger partial charge in [0.2, 0.25) is 0 Å². The standard InChI is InChI=1S/C30H38O16/c1-14(31)37-12-20-23(24(39-15(2)32)26(41-17(4)34)29(36-6)43-20)46-30-27(42-18(5)35)25(40-16(3)33)22-21(44-30)13-38-28(45-22)19-10-8-7-9-11-19/h7-11,20-30H,12-13H2,1-6H3/t20-,21-,22+,23-,24+,25+,26-,27-,28?,29-,30+/m1/s1. The van der Waals surface area contributed by atoms with Crippen molar-refractivity contribution in [3.8, 4) is 0 Å². The lowest BCUT2D eigenvalue weighted by Gasteiger charge is -2.50. The van der Waals surface area contributed by atoms with Crippen LogP contribution in [0.1, 0.15) is 46.5 Å². The second-order valence-electron chi connectivity index (χ2n) is 10.7. The Bertz CT molecular complexity index is 1240. The minimum atomic E-state index is -1.53. The summed E-state index contributed by atoms with van der Waals surface area (Å²) in [6, 6.07) is 9.01. The third-order valence-electron chi connectivity index (χ3n) is 7.13. The molecule has 254 valence electrons. The van der Waals surface area contributed by atoms with E-state index in [0.29, 0.717) is 5.56 Å². The van der Waals surface area contributed by atoms with E-state index in [1.54, 1.807) is 24.3 Å². The highest BCUT2D eigenvalue weighted by Gasteiger charge is 2.58. The SMILES string of the molecule is CO[C@@H]1O[C@H](COC(C)=O)[C@@H](O[C@@H]2O[C@@H]3COC(c4ccccc4)O[C@@H]3[C@H](OC(C)=O)[C@H]2OC(C)=O)[C@H](OC(C)=O)[C@H]1OC(C)=O. The first-order valence-electron chi connectivity index (χ1n) is 14.5. The smallest absolute Gasteiger partial charge is 0.303 e. The van der Waals surface area contributed by atoms with Gasteiger partial charge < -0.3 is 52.1 Å². The molecule has 0 amide bonds. The Hall–Kier alpha value is -3.67. The van der Waals surface area contributed by atoms with Crippen LogP contribution >= 0.6 is 0 Å². The largest absolute Gasteiger partial charge is 0.463 e. The fourth-order valence-corrected chi connectivity index (χ4v) is 5.44. The van der Waals surface area contributed by atoms with Crippen molar-refractivity contribution in [1.29, 1.82) is 0 Å². The lowest BCUT2D eigenvalue weighted by atomic mass is 9.95. The van der Waals surface area contributed by atoms with Gasteiger partial charge in [0.05, 0.1) is 6.61 Å². The van der Waals surface area contributed by atoms with Crippen molar-refractivity contribution >= 4 is 29.8 Å². The summed E-state index contributed by atoms with van der Waals surface area (Å²) >= 11 is 0. The minimum Gasteiger partial charge on any atom is -0.463 e. The van der Waals surface area contributed by atoms with Gasteiger partial charge in [-0.3, -0.25) is 24.0 Å². The monoisotopic (exact) mass is 654 g/mol. The molecule has 0 aromatic heterocycles. The number of ether oxygens (including phenoxy) is 11. The van der Waals surface area contributed by atoms with Crippen LogP contribution < -0.4 is 0 Å². The van der Waals surface area contributed by atoms with Crippen LogP contribution in [0.4, 0.5) is 0 Å². The van der Waals surface area contributed by atoms with Crippen LogP contribution in [-0.4, -0.2) is 112 Å². The van der Waals surface area contributed by atoms with Crippen LogP contribution in [0.15, 0.2) is 30.3 Å². The summed E-state index contributed by atoms with van der Waals surface area (Å²) in [5.41, 5.74) is 0.686. The zero-order valence-electron chi connectivity index (χ0n) is 26.2. The number of hydrogen-bond acceptors (Lipinski definition) is 16. The number of carbonyl (C=O) groups excluding carboxylic acids is 5. The van der Waals surface area contributed by atoms with E-state index in [9.17, 15) is 24.0 Å². The van der Waals surface area contributed by atoms with Gasteiger partial charge in [-0.1, -0.05) is 30.3 Å². The maximum atomic E-state index is 12.4. The molecular weight excluding hydrogens is 616 g/mol. The molecule has 3 fully saturated rings. The van der Waals surface area contributed by atoms with Crippen LogP contribution in [0.3, 0.4) is 0 Å². The number of benzene rings is 1. The average Bonchev–Trinajstić information content (AvgIpc) is 2.99. The fraction of sp³-hybridized carbons (Fsp3) is 0.633. The number of methoxy groups -OCH3 is 1. The summed E-state index contributed by atoms with van der Waals surface area (Å²) in [6.07, 6.45) is -13.6. The van der Waals surface area contributed by atoms with Crippen molar-refractivity contribution in [2.24, 2.45) is 0 Å². The Balaban J connectivity index is 1.72. The molecule has 0 radical (unpaired) electrons. The topological polar surface area (TPSA) is 187 Å². The predicted octanol–water partition coefficient (Wildman–Crippen LogP) is 0.872. The minimum absolute atomic E-state index is 0.0537. The van der Waals surface area contributed by atoms with E-state index >= 15 is 0 Å². The number of fused-ring (bicyclic) bond motifs is 1. The maximum absolute atomic E-state index is 12.4. The zero-order chi connectivity index (χ0) is 33.5. The Labute approximate surface area is 264 Å². The Morgan fingerprint density at radius 1 is 0.674 bits per heavy atom. The maximum Gasteiger partial charge on any atom is 0.303 e. The van der Waals surface area contributed by atoms with E-state index in [-0.39, 0.29) is 6.61 Å². The van der Waals surface area contributed by atoms with E-state index in [1.807, 2.05) is 6.07 Å². The van der Waals surface area contributed by atoms with Crippen LogP contribution in [-0.2, 0) is 76.1 Å². The Morgan fingerprint density at radius 3 is 1.80 bits per heavy atom. The van der Waals surface area contributed by atoms with Gasteiger partial charge in [-0.2, -0.15) is 0 Å². The highest BCUT2D eigenvalue weighted by molar-refractivity contribution is 5.68. The van der Waals surface area contributed by atoms with Crippen molar-refractivity contribution in [3.05, 3.63) is 35.9 Å². The van der Waals surface area contributed by atoms with Gasteiger partial charge in [0.15, 0.2) is 43.3 Å². The molecule has 0 saturated carbocycles. The van der Waals surface area contributed by atoms with Crippen LogP contribution in [0, 0.1) is 0 Å². The molecule has 3 aliphatic heterocycles. The predicted molar refractivity (Wildman–Crippen MR) is 148 cm³/mol. The summed E-state index contributed by atoms with van der Waals surface area (Å²) in [6.45, 7) is 5.28. The average molecular weight is 655 g/mol. The lowest BCUT2D eigenvalue weighted by molar-refractivity contribution is -0.385. The number of hydrogen-bond donors (Lipinski definition) is 0. The quantitative estimate of drug-likeness (QED) is 0.255. The Kier molecular flexibility index (Phi) is 12.0. The molecule has 11 atom stereocenters. The molecule has 0 bridgehead atoms. The first-order valence-corrected chi connectivity index (χ1v) is 14.5. The molecule has 1 aromatic rings. The van der Waals surface area contributed by atoms with Gasteiger partial charge >= 0.3 is 29.8 Å². The zero-order valence-corrected chi connectivity index (χ0v) is 26.2. The first kappa shape index (κ1) is 35.2. The third kappa shape index (κ3) is 8.77. The summed E-state index contributed by atoms with van der Waals surface area (Å²) in [7, 11) is 1.27. The molecular formula is C30H38O16. The summed E-state index contributed by atoms with van der Waals surface area (Å²) in [5.74, 6) is -3.67. The number of esters is 5. The molecule has 0 spiro atoms. The van der Waals surface area contributed by atoms with E-state index in [2.05, 4.69) is 0 Å². The van der Waals surface area contributed by atoms with Crippen molar-refractivity contribution in [3.63, 3.8) is 0 Å². The molecule has 1 unspecified atom stereocenters. The molecule has 4 rings (SSSR count). The molecule has 0 aliphatic carbocycles. The second-order valence-corrected chi connectivity index (χ2v) is 10.7. The fourth-order valence-electron chi connectivity index (χ4n) is 5.44. The van der Waals surface area contributed by atoms with E-state index < -0.39 is 104 Å². The normalized spacial score (nSPS) is 33.9. The van der Waals surface area contributed by atoms with Crippen molar-refractivity contribution in [1.82, 2.24) is 0 Å². The molecule has 0 N–H and O–H groups in total. The summed E-state index contributed by atoms with van der Waals surface area (Å²) < 4.78 is 63.4. The first-order chi connectivity index (χ1) is 21.9. The van der Waals surface area contributed by atoms with Gasteiger partial charge in [0.1, 0.15) is 31.0 Å². The van der Waals surface area contributed by atoms with Crippen LogP contribution in [0.25, 0.3) is 0 Å². The van der Waals surface area contributed by atoms with Gasteiger partial charge in [0, 0.05) is 47.3 Å². The van der Waals surface area contributed by atoms with Gasteiger partial charge in [-0.25, -0.2) is 0 Å². The molecule has 16 heteroatoms. The number of rotatable bonds is 10. The van der Waals surface area contributed by atoms with Crippen molar-refractivity contribution in [2.45, 2.75) is 102 Å². The van der Waals surface area contributed by atoms with Gasteiger partial charge in [-0.15, -0.1) is 0 Å². The van der Waals surface area contributed by atoms with E-state index in [1.165, 1.54) is 21.0 Å². The molecule has 3 aliphatic rings. The van der Waals surface area contributed by atoms with Crippen molar-refractivity contribution in [2.75, 3.05) is 20.3 Å².